The summed E-state index contributed by atoms with van der Waals surface area (Å²) in [6, 6.07) is 10.3. The van der Waals surface area contributed by atoms with E-state index in [4.69, 9.17) is 0 Å². The van der Waals surface area contributed by atoms with E-state index in [0.29, 0.717) is 0 Å². The van der Waals surface area contributed by atoms with E-state index in [9.17, 15) is 0 Å². The third-order valence-electron chi connectivity index (χ3n) is 3.59. The number of hydrogen-bond acceptors (Lipinski definition) is 3. The Morgan fingerprint density at radius 2 is 2.05 bits per heavy atom. The number of benzene rings is 1. The first-order valence-corrected chi connectivity index (χ1v) is 7.41. The summed E-state index contributed by atoms with van der Waals surface area (Å²) in [6.45, 7) is 4.93. The molecule has 0 saturated heterocycles. The minimum atomic E-state index is 0.831. The van der Waals surface area contributed by atoms with Crippen molar-refractivity contribution < 1.29 is 0 Å². The normalized spacial score (nSPS) is 11.1. The van der Waals surface area contributed by atoms with Gasteiger partial charge in [0.2, 0.25) is 0 Å². The molecular formula is C17H20N4. The smallest absolute Gasteiger partial charge is 0.0952 e. The summed E-state index contributed by atoms with van der Waals surface area (Å²) < 4.78 is 2.14. The number of nitrogens with zero attached hydrogens (tertiary/aromatic N) is 3. The summed E-state index contributed by atoms with van der Waals surface area (Å²) >= 11 is 0. The highest BCUT2D eigenvalue weighted by Gasteiger charge is 2.04. The molecule has 0 atom stereocenters. The maximum atomic E-state index is 4.47. The van der Waals surface area contributed by atoms with Gasteiger partial charge in [-0.1, -0.05) is 25.1 Å². The van der Waals surface area contributed by atoms with E-state index in [1.54, 1.807) is 0 Å². The molecular weight excluding hydrogens is 260 g/mol. The standard InChI is InChI=1S/C17H20N4/c1-2-18-9-8-15-12-21(13-20-15)11-14-7-10-19-17-6-4-3-5-16(14)17/h3-7,10,12-13,18H,2,8-9,11H2,1H3. The first-order chi connectivity index (χ1) is 10.4. The van der Waals surface area contributed by atoms with E-state index in [1.165, 1.54) is 10.9 Å². The fraction of sp³-hybridized carbons (Fsp3) is 0.294. The van der Waals surface area contributed by atoms with Crippen LogP contribution in [0, 0.1) is 0 Å². The average Bonchev–Trinajstić information content (AvgIpc) is 2.96. The van der Waals surface area contributed by atoms with Crippen LogP contribution in [-0.4, -0.2) is 27.6 Å². The fourth-order valence-electron chi connectivity index (χ4n) is 2.50. The molecule has 0 aliphatic rings. The quantitative estimate of drug-likeness (QED) is 0.706. The summed E-state index contributed by atoms with van der Waals surface area (Å²) in [5, 5.41) is 4.53. The Bertz CT molecular complexity index is 712. The van der Waals surface area contributed by atoms with Crippen LogP contribution < -0.4 is 5.32 Å². The number of para-hydroxylation sites is 1. The van der Waals surface area contributed by atoms with Gasteiger partial charge in [0.1, 0.15) is 0 Å². The summed E-state index contributed by atoms with van der Waals surface area (Å²) in [5.74, 6) is 0. The SMILES string of the molecule is CCNCCc1cn(Cc2ccnc3ccccc23)cn1. The zero-order chi connectivity index (χ0) is 14.5. The predicted octanol–water partition coefficient (Wildman–Crippen LogP) is 2.63. The van der Waals surface area contributed by atoms with Crippen LogP contribution in [0.3, 0.4) is 0 Å². The van der Waals surface area contributed by atoms with Crippen LogP contribution in [0.25, 0.3) is 10.9 Å². The molecule has 4 nitrogen and oxygen atoms in total. The molecule has 0 saturated carbocycles. The van der Waals surface area contributed by atoms with Crippen molar-refractivity contribution in [1.29, 1.82) is 0 Å². The second-order valence-corrected chi connectivity index (χ2v) is 5.13. The third-order valence-corrected chi connectivity index (χ3v) is 3.59. The van der Waals surface area contributed by atoms with Crippen LogP contribution in [0.15, 0.2) is 49.1 Å². The summed E-state index contributed by atoms with van der Waals surface area (Å²) in [5.41, 5.74) is 3.45. The van der Waals surface area contributed by atoms with Crippen LogP contribution in [-0.2, 0) is 13.0 Å². The molecule has 1 N–H and O–H groups in total. The molecule has 0 amide bonds. The van der Waals surface area contributed by atoms with Crippen LogP contribution in [0.5, 0.6) is 0 Å². The van der Waals surface area contributed by atoms with Crippen molar-refractivity contribution in [3.63, 3.8) is 0 Å². The number of imidazole rings is 1. The molecule has 3 rings (SSSR count). The lowest BCUT2D eigenvalue weighted by atomic mass is 10.1. The molecule has 3 aromatic rings. The lowest BCUT2D eigenvalue weighted by Gasteiger charge is -2.06. The Morgan fingerprint density at radius 1 is 1.14 bits per heavy atom. The van der Waals surface area contributed by atoms with Crippen LogP contribution in [0.4, 0.5) is 0 Å². The second kappa shape index (κ2) is 6.50. The summed E-state index contributed by atoms with van der Waals surface area (Å²) in [4.78, 5) is 8.88. The molecule has 2 aromatic heterocycles. The van der Waals surface area contributed by atoms with E-state index in [-0.39, 0.29) is 0 Å². The lowest BCUT2D eigenvalue weighted by Crippen LogP contribution is -2.16. The highest BCUT2D eigenvalue weighted by Crippen LogP contribution is 2.17. The van der Waals surface area contributed by atoms with Gasteiger partial charge in [0.15, 0.2) is 0 Å². The largest absolute Gasteiger partial charge is 0.333 e. The number of fused-ring (bicyclic) bond motifs is 1. The Morgan fingerprint density at radius 3 is 2.95 bits per heavy atom. The molecule has 0 aliphatic heterocycles. The van der Waals surface area contributed by atoms with Gasteiger partial charge >= 0.3 is 0 Å². The maximum absolute atomic E-state index is 4.47. The number of hydrogen-bond donors (Lipinski definition) is 1. The topological polar surface area (TPSA) is 42.7 Å². The zero-order valence-corrected chi connectivity index (χ0v) is 12.3. The fourth-order valence-corrected chi connectivity index (χ4v) is 2.50. The van der Waals surface area contributed by atoms with Gasteiger partial charge in [-0.3, -0.25) is 4.98 Å². The number of likely N-dealkylation sites (N-methyl/N-ethyl adjacent to an activating group) is 1. The maximum Gasteiger partial charge on any atom is 0.0952 e. The molecule has 0 fully saturated rings. The average molecular weight is 280 g/mol. The van der Waals surface area contributed by atoms with Crippen molar-refractivity contribution in [3.8, 4) is 0 Å². The highest BCUT2D eigenvalue weighted by molar-refractivity contribution is 5.81. The second-order valence-electron chi connectivity index (χ2n) is 5.13. The molecule has 108 valence electrons. The highest BCUT2D eigenvalue weighted by atomic mass is 15.0. The van der Waals surface area contributed by atoms with Crippen LogP contribution >= 0.6 is 0 Å². The van der Waals surface area contributed by atoms with Gasteiger partial charge in [-0.2, -0.15) is 0 Å². The first kappa shape index (κ1) is 13.8. The Labute approximate surface area is 124 Å². The molecule has 2 heterocycles. The van der Waals surface area contributed by atoms with E-state index in [0.717, 1.165) is 37.3 Å². The van der Waals surface area contributed by atoms with Crippen molar-refractivity contribution in [2.24, 2.45) is 0 Å². The van der Waals surface area contributed by atoms with Gasteiger partial charge in [0, 0.05) is 37.3 Å². The molecule has 0 radical (unpaired) electrons. The van der Waals surface area contributed by atoms with Gasteiger partial charge in [-0.25, -0.2) is 4.98 Å². The number of pyridine rings is 1. The van der Waals surface area contributed by atoms with Crippen molar-refractivity contribution in [3.05, 3.63) is 60.3 Å². The molecule has 0 spiro atoms. The Kier molecular flexibility index (Phi) is 4.26. The van der Waals surface area contributed by atoms with Gasteiger partial charge in [0.05, 0.1) is 17.5 Å². The molecule has 0 unspecified atom stereocenters. The molecule has 0 bridgehead atoms. The monoisotopic (exact) mass is 280 g/mol. The van der Waals surface area contributed by atoms with Gasteiger partial charge < -0.3 is 9.88 Å². The molecule has 21 heavy (non-hydrogen) atoms. The van der Waals surface area contributed by atoms with Gasteiger partial charge in [-0.05, 0) is 24.2 Å². The Balaban J connectivity index is 1.76. The number of rotatable bonds is 6. The number of nitrogens with one attached hydrogen (secondary N) is 1. The lowest BCUT2D eigenvalue weighted by molar-refractivity contribution is 0.709. The van der Waals surface area contributed by atoms with Gasteiger partial charge in [-0.15, -0.1) is 0 Å². The van der Waals surface area contributed by atoms with Crippen molar-refractivity contribution in [2.75, 3.05) is 13.1 Å². The van der Waals surface area contributed by atoms with E-state index < -0.39 is 0 Å². The van der Waals surface area contributed by atoms with E-state index in [1.807, 2.05) is 18.6 Å². The molecule has 4 heteroatoms. The summed E-state index contributed by atoms with van der Waals surface area (Å²) in [7, 11) is 0. The Hall–Kier alpha value is -2.20. The van der Waals surface area contributed by atoms with Gasteiger partial charge in [0.25, 0.3) is 0 Å². The van der Waals surface area contributed by atoms with Crippen LogP contribution in [0.2, 0.25) is 0 Å². The van der Waals surface area contributed by atoms with Crippen molar-refractivity contribution >= 4 is 10.9 Å². The third kappa shape index (κ3) is 3.28. The van der Waals surface area contributed by atoms with Crippen LogP contribution in [0.1, 0.15) is 18.2 Å². The predicted molar refractivity (Wildman–Crippen MR) is 85.3 cm³/mol. The minimum absolute atomic E-state index is 0.831. The number of aromatic nitrogens is 3. The van der Waals surface area contributed by atoms with Crippen molar-refractivity contribution in [1.82, 2.24) is 19.9 Å². The first-order valence-electron chi connectivity index (χ1n) is 7.41. The van der Waals surface area contributed by atoms with E-state index >= 15 is 0 Å². The van der Waals surface area contributed by atoms with Crippen molar-refractivity contribution in [2.45, 2.75) is 19.9 Å². The summed E-state index contributed by atoms with van der Waals surface area (Å²) in [6.07, 6.45) is 6.89. The minimum Gasteiger partial charge on any atom is -0.333 e. The zero-order valence-electron chi connectivity index (χ0n) is 12.3. The molecule has 0 aliphatic carbocycles. The molecule has 1 aromatic carbocycles. The van der Waals surface area contributed by atoms with E-state index in [2.05, 4.69) is 57.2 Å².